The highest BCUT2D eigenvalue weighted by Crippen LogP contribution is 2.30. The first-order chi connectivity index (χ1) is 8.54. The van der Waals surface area contributed by atoms with Crippen molar-refractivity contribution in [2.45, 2.75) is 24.6 Å². The lowest BCUT2D eigenvalue weighted by molar-refractivity contribution is -0.109. The molecule has 1 amide bonds. The zero-order chi connectivity index (χ0) is 13.2. The van der Waals surface area contributed by atoms with Gasteiger partial charge in [0.1, 0.15) is 0 Å². The number of rotatable bonds is 6. The van der Waals surface area contributed by atoms with Crippen molar-refractivity contribution < 1.29 is 17.6 Å². The summed E-state index contributed by atoms with van der Waals surface area (Å²) >= 11 is 0. The van der Waals surface area contributed by atoms with Gasteiger partial charge >= 0.3 is 0 Å². The van der Waals surface area contributed by atoms with Gasteiger partial charge in [0.25, 0.3) is 0 Å². The molecule has 0 aromatic carbocycles. The minimum atomic E-state index is -3.51. The lowest BCUT2D eigenvalue weighted by Crippen LogP contribution is -2.19. The van der Waals surface area contributed by atoms with Crippen LogP contribution < -0.4 is 10.0 Å². The Hall–Kier alpha value is -1.70. The van der Waals surface area contributed by atoms with Crippen molar-refractivity contribution in [1.29, 1.82) is 0 Å². The molecular weight excluding hydrogens is 261 g/mol. The van der Waals surface area contributed by atoms with Crippen LogP contribution in [0.3, 0.4) is 0 Å². The molecule has 18 heavy (non-hydrogen) atoms. The number of anilines is 1. The normalized spacial score (nSPS) is 15.2. The number of carbonyl (C=O) groups is 1. The minimum Gasteiger partial charge on any atom is -0.353 e. The van der Waals surface area contributed by atoms with E-state index in [4.69, 9.17) is 0 Å². The zero-order valence-electron chi connectivity index (χ0n) is 9.39. The molecule has 1 aromatic heterocycles. The molecule has 2 N–H and O–H groups in total. The Morgan fingerprint density at radius 2 is 2.22 bits per heavy atom. The van der Waals surface area contributed by atoms with Crippen molar-refractivity contribution in [2.24, 2.45) is 0 Å². The van der Waals surface area contributed by atoms with Gasteiger partial charge in [-0.2, -0.15) is 0 Å². The Morgan fingerprint density at radius 1 is 1.50 bits per heavy atom. The Balaban J connectivity index is 2.20. The SMILES string of the molecule is O=CNCc1nccc(NS(=O)(=O)C2CC2)c1F. The molecule has 1 aliphatic rings. The summed E-state index contributed by atoms with van der Waals surface area (Å²) in [6.07, 6.45) is 2.90. The fourth-order valence-corrected chi connectivity index (χ4v) is 2.83. The van der Waals surface area contributed by atoms with Gasteiger partial charge in [0.15, 0.2) is 5.82 Å². The summed E-state index contributed by atoms with van der Waals surface area (Å²) in [5, 5.41) is 1.84. The molecule has 0 spiro atoms. The van der Waals surface area contributed by atoms with E-state index in [1.807, 2.05) is 0 Å². The summed E-state index contributed by atoms with van der Waals surface area (Å²) in [6, 6.07) is 1.25. The van der Waals surface area contributed by atoms with Crippen molar-refractivity contribution in [2.75, 3.05) is 4.72 Å². The predicted molar refractivity (Wildman–Crippen MR) is 62.7 cm³/mol. The Kier molecular flexibility index (Phi) is 3.46. The molecule has 1 heterocycles. The fourth-order valence-electron chi connectivity index (χ4n) is 1.44. The monoisotopic (exact) mass is 273 g/mol. The molecule has 0 atom stereocenters. The van der Waals surface area contributed by atoms with E-state index >= 15 is 0 Å². The fraction of sp³-hybridized carbons (Fsp3) is 0.400. The van der Waals surface area contributed by atoms with Crippen molar-refractivity contribution in [1.82, 2.24) is 10.3 Å². The molecule has 0 unspecified atom stereocenters. The van der Waals surface area contributed by atoms with Gasteiger partial charge in [-0.25, -0.2) is 12.8 Å². The third-order valence-electron chi connectivity index (χ3n) is 2.53. The molecule has 2 rings (SSSR count). The number of amides is 1. The van der Waals surface area contributed by atoms with Crippen molar-refractivity contribution in [3.63, 3.8) is 0 Å². The third-order valence-corrected chi connectivity index (χ3v) is 4.38. The molecule has 98 valence electrons. The molecule has 1 saturated carbocycles. The molecule has 0 aliphatic heterocycles. The van der Waals surface area contributed by atoms with Gasteiger partial charge in [-0.05, 0) is 18.9 Å². The maximum absolute atomic E-state index is 13.9. The Bertz CT molecular complexity index is 557. The molecule has 0 saturated heterocycles. The van der Waals surface area contributed by atoms with Gasteiger partial charge < -0.3 is 5.32 Å². The summed E-state index contributed by atoms with van der Waals surface area (Å²) < 4.78 is 39.4. The first-order valence-electron chi connectivity index (χ1n) is 5.36. The summed E-state index contributed by atoms with van der Waals surface area (Å²) in [5.74, 6) is -0.768. The number of aromatic nitrogens is 1. The lowest BCUT2D eigenvalue weighted by Gasteiger charge is -2.09. The quantitative estimate of drug-likeness (QED) is 0.733. The zero-order valence-corrected chi connectivity index (χ0v) is 10.2. The van der Waals surface area contributed by atoms with Crippen LogP contribution in [0, 0.1) is 5.82 Å². The first kappa shape index (κ1) is 12.7. The maximum atomic E-state index is 13.9. The van der Waals surface area contributed by atoms with Crippen LogP contribution in [0.2, 0.25) is 0 Å². The molecule has 6 nitrogen and oxygen atoms in total. The summed E-state index contributed by atoms with van der Waals surface area (Å²) in [7, 11) is -3.51. The van der Waals surface area contributed by atoms with Crippen molar-refractivity contribution in [3.8, 4) is 0 Å². The highest BCUT2D eigenvalue weighted by atomic mass is 32.2. The number of hydrogen-bond donors (Lipinski definition) is 2. The summed E-state index contributed by atoms with van der Waals surface area (Å²) in [6.45, 7) is -0.0890. The van der Waals surface area contributed by atoms with Gasteiger partial charge in [0.05, 0.1) is 23.2 Å². The Labute approximate surface area is 104 Å². The lowest BCUT2D eigenvalue weighted by atomic mass is 10.3. The molecule has 1 fully saturated rings. The smallest absolute Gasteiger partial charge is 0.235 e. The van der Waals surface area contributed by atoms with Gasteiger partial charge in [0, 0.05) is 6.20 Å². The van der Waals surface area contributed by atoms with Crippen LogP contribution in [-0.4, -0.2) is 25.1 Å². The second-order valence-electron chi connectivity index (χ2n) is 3.96. The topological polar surface area (TPSA) is 88.2 Å². The first-order valence-corrected chi connectivity index (χ1v) is 6.91. The minimum absolute atomic E-state index is 0.0157. The van der Waals surface area contributed by atoms with E-state index in [0.29, 0.717) is 19.3 Å². The van der Waals surface area contributed by atoms with Crippen LogP contribution in [0.1, 0.15) is 18.5 Å². The largest absolute Gasteiger partial charge is 0.353 e. The van der Waals surface area contributed by atoms with E-state index in [1.165, 1.54) is 12.3 Å². The van der Waals surface area contributed by atoms with Crippen LogP contribution in [0.5, 0.6) is 0 Å². The molecule has 1 aliphatic carbocycles. The van der Waals surface area contributed by atoms with E-state index in [2.05, 4.69) is 15.0 Å². The van der Waals surface area contributed by atoms with Gasteiger partial charge in [-0.3, -0.25) is 14.5 Å². The van der Waals surface area contributed by atoms with E-state index in [1.54, 1.807) is 0 Å². The van der Waals surface area contributed by atoms with Crippen molar-refractivity contribution in [3.05, 3.63) is 23.8 Å². The number of nitrogens with one attached hydrogen (secondary N) is 2. The predicted octanol–water partition coefficient (Wildman–Crippen LogP) is 0.371. The molecule has 0 radical (unpaired) electrons. The van der Waals surface area contributed by atoms with E-state index < -0.39 is 21.1 Å². The second-order valence-corrected chi connectivity index (χ2v) is 5.93. The number of pyridine rings is 1. The number of hydrogen-bond acceptors (Lipinski definition) is 4. The third kappa shape index (κ3) is 2.76. The standard InChI is InChI=1S/C10H12FN3O3S/c11-10-8(14-18(16,17)7-1-2-7)3-4-13-9(10)5-12-6-15/h3-4,6-7H,1-2,5H2,(H,12,15)(H,13,14). The van der Waals surface area contributed by atoms with E-state index in [9.17, 15) is 17.6 Å². The average molecular weight is 273 g/mol. The Morgan fingerprint density at radius 3 is 2.83 bits per heavy atom. The highest BCUT2D eigenvalue weighted by molar-refractivity contribution is 7.93. The molecular formula is C10H12FN3O3S. The summed E-state index contributed by atoms with van der Waals surface area (Å²) in [4.78, 5) is 13.9. The van der Waals surface area contributed by atoms with Crippen LogP contribution in [-0.2, 0) is 21.4 Å². The number of halogens is 1. The van der Waals surface area contributed by atoms with Crippen molar-refractivity contribution >= 4 is 22.1 Å². The van der Waals surface area contributed by atoms with Crippen LogP contribution in [0.4, 0.5) is 10.1 Å². The number of nitrogens with zero attached hydrogens (tertiary/aromatic N) is 1. The van der Waals surface area contributed by atoms with Gasteiger partial charge in [0.2, 0.25) is 16.4 Å². The summed E-state index contributed by atoms with van der Waals surface area (Å²) in [5.41, 5.74) is -0.155. The molecule has 0 bridgehead atoms. The van der Waals surface area contributed by atoms with E-state index in [0.717, 1.165) is 0 Å². The van der Waals surface area contributed by atoms with Gasteiger partial charge in [-0.1, -0.05) is 0 Å². The highest BCUT2D eigenvalue weighted by Gasteiger charge is 2.36. The molecule has 8 heteroatoms. The number of sulfonamides is 1. The van der Waals surface area contributed by atoms with Crippen LogP contribution >= 0.6 is 0 Å². The van der Waals surface area contributed by atoms with E-state index in [-0.39, 0.29) is 17.9 Å². The van der Waals surface area contributed by atoms with Crippen LogP contribution in [0.15, 0.2) is 12.3 Å². The van der Waals surface area contributed by atoms with Gasteiger partial charge in [-0.15, -0.1) is 0 Å². The second kappa shape index (κ2) is 4.89. The molecule has 1 aromatic rings. The average Bonchev–Trinajstić information content (AvgIpc) is 3.14. The maximum Gasteiger partial charge on any atom is 0.235 e. The number of carbonyl (C=O) groups excluding carboxylic acids is 1. The van der Waals surface area contributed by atoms with Crippen LogP contribution in [0.25, 0.3) is 0 Å².